The summed E-state index contributed by atoms with van der Waals surface area (Å²) in [5.41, 5.74) is 1.88. The second kappa shape index (κ2) is 8.62. The largest absolute Gasteiger partial charge is 0.497 e. The van der Waals surface area contributed by atoms with Crippen LogP contribution in [0, 0.1) is 0 Å². The van der Waals surface area contributed by atoms with Crippen molar-refractivity contribution < 1.29 is 17.9 Å². The van der Waals surface area contributed by atoms with Gasteiger partial charge in [-0.1, -0.05) is 29.4 Å². The van der Waals surface area contributed by atoms with E-state index in [9.17, 15) is 8.42 Å². The molecule has 0 saturated heterocycles. The van der Waals surface area contributed by atoms with E-state index in [0.29, 0.717) is 18.4 Å². The number of aromatic nitrogens is 3. The molecule has 0 bridgehead atoms. The number of benzene rings is 2. The van der Waals surface area contributed by atoms with Crippen LogP contribution in [-0.4, -0.2) is 37.4 Å². The highest BCUT2D eigenvalue weighted by molar-refractivity contribution is 7.89. The van der Waals surface area contributed by atoms with Crippen LogP contribution in [0.4, 0.5) is 0 Å². The number of methoxy groups -OCH3 is 2. The molecule has 29 heavy (non-hydrogen) atoms. The van der Waals surface area contributed by atoms with E-state index in [1.54, 1.807) is 42.9 Å². The average molecular weight is 417 g/mol. The molecule has 0 aliphatic carbocycles. The normalized spacial score (nSPS) is 12.6. The molecule has 2 aromatic carbocycles. The SMILES string of the molecule is CCn1c(OC)nnc1[C@@H](C)NS(=O)(=O)c1ccc(-c2ccc(OC)cc2)cc1. The van der Waals surface area contributed by atoms with E-state index in [1.165, 1.54) is 7.11 Å². The summed E-state index contributed by atoms with van der Waals surface area (Å²) in [7, 11) is -0.620. The van der Waals surface area contributed by atoms with Gasteiger partial charge in [0.1, 0.15) is 5.75 Å². The van der Waals surface area contributed by atoms with Crippen molar-refractivity contribution in [2.75, 3.05) is 14.2 Å². The molecule has 0 aliphatic heterocycles. The lowest BCUT2D eigenvalue weighted by Gasteiger charge is -2.15. The first kappa shape index (κ1) is 20.8. The zero-order valence-corrected chi connectivity index (χ0v) is 17.6. The Kier molecular flexibility index (Phi) is 6.19. The molecule has 3 rings (SSSR count). The standard InChI is InChI=1S/C20H24N4O4S/c1-5-24-19(21-22-20(24)28-4)14(2)23-29(25,26)18-12-8-16(9-13-18)15-6-10-17(27-3)11-7-15/h6-14,23H,5H2,1-4H3/t14-/m1/s1. The highest BCUT2D eigenvalue weighted by atomic mass is 32.2. The first-order valence-electron chi connectivity index (χ1n) is 9.13. The quantitative estimate of drug-likeness (QED) is 0.606. The smallest absolute Gasteiger partial charge is 0.316 e. The Hall–Kier alpha value is -2.91. The van der Waals surface area contributed by atoms with Crippen molar-refractivity contribution in [1.29, 1.82) is 0 Å². The van der Waals surface area contributed by atoms with Gasteiger partial charge in [-0.25, -0.2) is 13.1 Å². The molecule has 1 heterocycles. The molecule has 0 aliphatic rings. The van der Waals surface area contributed by atoms with Gasteiger partial charge in [0.2, 0.25) is 10.0 Å². The van der Waals surface area contributed by atoms with Gasteiger partial charge in [-0.3, -0.25) is 4.57 Å². The monoisotopic (exact) mass is 416 g/mol. The van der Waals surface area contributed by atoms with Crippen LogP contribution in [0.3, 0.4) is 0 Å². The lowest BCUT2D eigenvalue weighted by molar-refractivity contribution is 0.354. The summed E-state index contributed by atoms with van der Waals surface area (Å²) in [5.74, 6) is 1.26. The fraction of sp³-hybridized carbons (Fsp3) is 0.300. The molecule has 9 heteroatoms. The number of nitrogens with zero attached hydrogens (tertiary/aromatic N) is 3. The Morgan fingerprint density at radius 1 is 0.966 bits per heavy atom. The number of hydrogen-bond acceptors (Lipinski definition) is 6. The number of nitrogens with one attached hydrogen (secondary N) is 1. The van der Waals surface area contributed by atoms with Gasteiger partial charge in [-0.2, -0.15) is 0 Å². The minimum absolute atomic E-state index is 0.177. The molecule has 0 unspecified atom stereocenters. The van der Waals surface area contributed by atoms with Crippen LogP contribution < -0.4 is 14.2 Å². The van der Waals surface area contributed by atoms with Crippen LogP contribution in [0.1, 0.15) is 25.7 Å². The Labute approximate surface area is 170 Å². The fourth-order valence-electron chi connectivity index (χ4n) is 3.03. The van der Waals surface area contributed by atoms with Crippen molar-refractivity contribution in [3.8, 4) is 22.9 Å². The third-order valence-corrected chi connectivity index (χ3v) is 6.11. The van der Waals surface area contributed by atoms with E-state index in [4.69, 9.17) is 9.47 Å². The predicted molar refractivity (Wildman–Crippen MR) is 109 cm³/mol. The Morgan fingerprint density at radius 2 is 1.55 bits per heavy atom. The van der Waals surface area contributed by atoms with Gasteiger partial charge in [-0.15, -0.1) is 5.10 Å². The van der Waals surface area contributed by atoms with Crippen molar-refractivity contribution in [2.24, 2.45) is 0 Å². The van der Waals surface area contributed by atoms with E-state index in [0.717, 1.165) is 16.9 Å². The summed E-state index contributed by atoms with van der Waals surface area (Å²) >= 11 is 0. The van der Waals surface area contributed by atoms with Gasteiger partial charge in [0.05, 0.1) is 25.2 Å². The lowest BCUT2D eigenvalue weighted by Crippen LogP contribution is -2.29. The zero-order valence-electron chi connectivity index (χ0n) is 16.8. The fourth-order valence-corrected chi connectivity index (χ4v) is 4.23. The van der Waals surface area contributed by atoms with Gasteiger partial charge in [0.25, 0.3) is 0 Å². The predicted octanol–water partition coefficient (Wildman–Crippen LogP) is 3.02. The molecule has 8 nitrogen and oxygen atoms in total. The van der Waals surface area contributed by atoms with Gasteiger partial charge in [0, 0.05) is 6.54 Å². The maximum atomic E-state index is 12.8. The first-order chi connectivity index (χ1) is 13.9. The minimum Gasteiger partial charge on any atom is -0.497 e. The van der Waals surface area contributed by atoms with Gasteiger partial charge < -0.3 is 9.47 Å². The van der Waals surface area contributed by atoms with Crippen molar-refractivity contribution in [2.45, 2.75) is 31.3 Å². The first-order valence-corrected chi connectivity index (χ1v) is 10.6. The molecule has 0 fully saturated rings. The van der Waals surface area contributed by atoms with Crippen LogP contribution in [0.25, 0.3) is 11.1 Å². The molecule has 154 valence electrons. The number of sulfonamides is 1. The molecule has 0 spiro atoms. The summed E-state index contributed by atoms with van der Waals surface area (Å²) in [6.45, 7) is 4.20. The van der Waals surface area contributed by atoms with Crippen LogP contribution >= 0.6 is 0 Å². The minimum atomic E-state index is -3.73. The molecule has 0 saturated carbocycles. The summed E-state index contributed by atoms with van der Waals surface area (Å²) < 4.78 is 40.3. The molecule has 1 aromatic heterocycles. The van der Waals surface area contributed by atoms with Crippen molar-refractivity contribution in [3.63, 3.8) is 0 Å². The third-order valence-electron chi connectivity index (χ3n) is 4.55. The highest BCUT2D eigenvalue weighted by Crippen LogP contribution is 2.25. The lowest BCUT2D eigenvalue weighted by atomic mass is 10.1. The highest BCUT2D eigenvalue weighted by Gasteiger charge is 2.23. The summed E-state index contributed by atoms with van der Waals surface area (Å²) in [5, 5.41) is 7.99. The molecule has 0 radical (unpaired) electrons. The molecule has 1 atom stereocenters. The van der Waals surface area contributed by atoms with Crippen LogP contribution in [-0.2, 0) is 16.6 Å². The maximum Gasteiger partial charge on any atom is 0.316 e. The van der Waals surface area contributed by atoms with Crippen molar-refractivity contribution >= 4 is 10.0 Å². The zero-order chi connectivity index (χ0) is 21.0. The summed E-state index contributed by atoms with van der Waals surface area (Å²) in [6, 6.07) is 14.1. The van der Waals surface area contributed by atoms with Gasteiger partial charge in [0.15, 0.2) is 5.82 Å². The molecular weight excluding hydrogens is 392 g/mol. The van der Waals surface area contributed by atoms with Gasteiger partial charge >= 0.3 is 6.01 Å². The van der Waals surface area contributed by atoms with E-state index in [2.05, 4.69) is 14.9 Å². The van der Waals surface area contributed by atoms with Crippen LogP contribution in [0.15, 0.2) is 53.4 Å². The molecule has 1 N–H and O–H groups in total. The van der Waals surface area contributed by atoms with Crippen LogP contribution in [0.5, 0.6) is 11.8 Å². The van der Waals surface area contributed by atoms with E-state index < -0.39 is 16.1 Å². The third kappa shape index (κ3) is 4.41. The number of ether oxygens (including phenoxy) is 2. The number of hydrogen-bond donors (Lipinski definition) is 1. The molecular formula is C20H24N4O4S. The van der Waals surface area contributed by atoms with Crippen molar-refractivity contribution in [3.05, 3.63) is 54.4 Å². The summed E-state index contributed by atoms with van der Waals surface area (Å²) in [4.78, 5) is 0.177. The van der Waals surface area contributed by atoms with Gasteiger partial charge in [-0.05, 0) is 49.2 Å². The van der Waals surface area contributed by atoms with Crippen molar-refractivity contribution in [1.82, 2.24) is 19.5 Å². The average Bonchev–Trinajstić information content (AvgIpc) is 3.17. The second-order valence-corrected chi connectivity index (χ2v) is 8.10. The summed E-state index contributed by atoms with van der Waals surface area (Å²) in [6.07, 6.45) is 0. The Bertz CT molecular complexity index is 1060. The number of rotatable bonds is 8. The van der Waals surface area contributed by atoms with E-state index in [1.807, 2.05) is 31.2 Å². The Balaban J connectivity index is 1.79. The molecule has 0 amide bonds. The second-order valence-electron chi connectivity index (χ2n) is 6.39. The molecule has 3 aromatic rings. The van der Waals surface area contributed by atoms with E-state index >= 15 is 0 Å². The topological polar surface area (TPSA) is 95.3 Å². The van der Waals surface area contributed by atoms with E-state index in [-0.39, 0.29) is 4.90 Å². The Morgan fingerprint density at radius 3 is 2.07 bits per heavy atom. The maximum absolute atomic E-state index is 12.8. The van der Waals surface area contributed by atoms with Crippen LogP contribution in [0.2, 0.25) is 0 Å².